The molecule has 0 saturated heterocycles. The van der Waals surface area contributed by atoms with Gasteiger partial charge in [-0.15, -0.1) is 0 Å². The summed E-state index contributed by atoms with van der Waals surface area (Å²) in [7, 11) is 0. The number of nitrogens with zero attached hydrogens (tertiary/aromatic N) is 1. The molecule has 1 aliphatic heterocycles. The molecule has 5 heteroatoms. The van der Waals surface area contributed by atoms with Crippen LogP contribution in [0.15, 0.2) is 30.3 Å². The summed E-state index contributed by atoms with van der Waals surface area (Å²) in [5.74, 6) is 0.638. The molecule has 0 spiro atoms. The Balaban J connectivity index is 1.88. The van der Waals surface area contributed by atoms with Gasteiger partial charge in [0.05, 0.1) is 13.2 Å². The minimum absolute atomic E-state index is 0.377. The summed E-state index contributed by atoms with van der Waals surface area (Å²) in [5.41, 5.74) is 9.70. The SMILES string of the molecule is Nc1cc(Cl)nc(Nc2ccc3c(c2)COC3)c1. The fraction of sp³-hybridized carbons (Fsp3) is 0.154. The second kappa shape index (κ2) is 4.48. The minimum Gasteiger partial charge on any atom is -0.399 e. The summed E-state index contributed by atoms with van der Waals surface area (Å²) < 4.78 is 5.37. The third-order valence-electron chi connectivity index (χ3n) is 2.81. The summed E-state index contributed by atoms with van der Waals surface area (Å²) in [6.07, 6.45) is 0. The number of fused-ring (bicyclic) bond motifs is 1. The van der Waals surface area contributed by atoms with Crippen molar-refractivity contribution in [3.63, 3.8) is 0 Å². The van der Waals surface area contributed by atoms with Crippen molar-refractivity contribution in [3.05, 3.63) is 46.6 Å². The molecular formula is C13H12ClN3O. The summed E-state index contributed by atoms with van der Waals surface area (Å²) in [5, 5.41) is 3.56. The molecule has 1 aromatic carbocycles. The number of nitrogen functional groups attached to an aromatic ring is 1. The first-order valence-corrected chi connectivity index (χ1v) is 5.98. The largest absolute Gasteiger partial charge is 0.399 e. The van der Waals surface area contributed by atoms with Crippen LogP contribution >= 0.6 is 11.6 Å². The van der Waals surface area contributed by atoms with Crippen LogP contribution in [0.1, 0.15) is 11.1 Å². The van der Waals surface area contributed by atoms with Gasteiger partial charge in [0.15, 0.2) is 0 Å². The molecule has 0 aliphatic carbocycles. The molecule has 3 N–H and O–H groups in total. The number of nitrogens with two attached hydrogens (primary N) is 1. The minimum atomic E-state index is 0.377. The van der Waals surface area contributed by atoms with E-state index in [0.717, 1.165) is 5.69 Å². The normalized spacial score (nSPS) is 13.4. The van der Waals surface area contributed by atoms with Gasteiger partial charge in [-0.25, -0.2) is 4.98 Å². The summed E-state index contributed by atoms with van der Waals surface area (Å²) in [6, 6.07) is 9.46. The number of anilines is 3. The van der Waals surface area contributed by atoms with Crippen LogP contribution in [0.3, 0.4) is 0 Å². The zero-order valence-corrected chi connectivity index (χ0v) is 10.4. The van der Waals surface area contributed by atoms with E-state index in [-0.39, 0.29) is 0 Å². The van der Waals surface area contributed by atoms with Gasteiger partial charge in [0.1, 0.15) is 11.0 Å². The van der Waals surface area contributed by atoms with E-state index in [1.54, 1.807) is 12.1 Å². The van der Waals surface area contributed by atoms with Crippen molar-refractivity contribution in [1.29, 1.82) is 0 Å². The number of halogens is 1. The van der Waals surface area contributed by atoms with Crippen molar-refractivity contribution in [2.75, 3.05) is 11.1 Å². The average molecular weight is 262 g/mol. The van der Waals surface area contributed by atoms with E-state index >= 15 is 0 Å². The Morgan fingerprint density at radius 2 is 2.00 bits per heavy atom. The molecule has 0 radical (unpaired) electrons. The lowest BCUT2D eigenvalue weighted by atomic mass is 10.1. The standard InChI is InChI=1S/C13H12ClN3O/c14-12-4-10(15)5-13(17-12)16-11-2-1-8-6-18-7-9(8)3-11/h1-5H,6-7H2,(H3,15,16,17). The van der Waals surface area contributed by atoms with Gasteiger partial charge in [0.25, 0.3) is 0 Å². The molecule has 4 nitrogen and oxygen atoms in total. The fourth-order valence-electron chi connectivity index (χ4n) is 1.98. The highest BCUT2D eigenvalue weighted by molar-refractivity contribution is 6.29. The predicted octanol–water partition coefficient (Wildman–Crippen LogP) is 3.09. The number of aromatic nitrogens is 1. The summed E-state index contributed by atoms with van der Waals surface area (Å²) in [6.45, 7) is 1.36. The number of hydrogen-bond donors (Lipinski definition) is 2. The zero-order valence-electron chi connectivity index (χ0n) is 9.61. The van der Waals surface area contributed by atoms with Crippen LogP contribution in [-0.4, -0.2) is 4.98 Å². The molecule has 0 saturated carbocycles. The number of nitrogens with one attached hydrogen (secondary N) is 1. The van der Waals surface area contributed by atoms with Gasteiger partial charge in [0, 0.05) is 17.4 Å². The fourth-order valence-corrected chi connectivity index (χ4v) is 2.20. The van der Waals surface area contributed by atoms with E-state index in [4.69, 9.17) is 22.1 Å². The van der Waals surface area contributed by atoms with E-state index in [1.165, 1.54) is 11.1 Å². The maximum absolute atomic E-state index is 5.86. The Morgan fingerprint density at radius 3 is 2.83 bits per heavy atom. The van der Waals surface area contributed by atoms with E-state index in [0.29, 0.717) is 29.9 Å². The maximum Gasteiger partial charge on any atom is 0.134 e. The van der Waals surface area contributed by atoms with Gasteiger partial charge in [-0.3, -0.25) is 0 Å². The van der Waals surface area contributed by atoms with E-state index < -0.39 is 0 Å². The second-order valence-corrected chi connectivity index (χ2v) is 4.60. The lowest BCUT2D eigenvalue weighted by Gasteiger charge is -2.08. The Bertz CT molecular complexity index is 581. The molecule has 0 fully saturated rings. The molecule has 0 atom stereocenters. The Morgan fingerprint density at radius 1 is 1.17 bits per heavy atom. The van der Waals surface area contributed by atoms with Gasteiger partial charge < -0.3 is 15.8 Å². The molecule has 3 rings (SSSR count). The van der Waals surface area contributed by atoms with Crippen LogP contribution < -0.4 is 11.1 Å². The topological polar surface area (TPSA) is 60.2 Å². The number of hydrogen-bond acceptors (Lipinski definition) is 4. The molecule has 92 valence electrons. The van der Waals surface area contributed by atoms with E-state index in [1.807, 2.05) is 6.07 Å². The van der Waals surface area contributed by atoms with Crippen LogP contribution in [0.2, 0.25) is 5.15 Å². The molecule has 0 bridgehead atoms. The zero-order chi connectivity index (χ0) is 12.5. The highest BCUT2D eigenvalue weighted by Crippen LogP contribution is 2.26. The smallest absolute Gasteiger partial charge is 0.134 e. The number of rotatable bonds is 2. The van der Waals surface area contributed by atoms with Crippen molar-refractivity contribution in [1.82, 2.24) is 4.98 Å². The quantitative estimate of drug-likeness (QED) is 0.816. The van der Waals surface area contributed by atoms with Gasteiger partial charge in [-0.1, -0.05) is 17.7 Å². The molecule has 0 unspecified atom stereocenters. The van der Waals surface area contributed by atoms with Crippen LogP contribution in [0.4, 0.5) is 17.2 Å². The van der Waals surface area contributed by atoms with Crippen LogP contribution in [0, 0.1) is 0 Å². The number of pyridine rings is 1. The lowest BCUT2D eigenvalue weighted by Crippen LogP contribution is -1.97. The first-order valence-electron chi connectivity index (χ1n) is 5.60. The van der Waals surface area contributed by atoms with E-state index in [9.17, 15) is 0 Å². The molecular weight excluding hydrogens is 250 g/mol. The first kappa shape index (κ1) is 11.3. The van der Waals surface area contributed by atoms with Crippen LogP contribution in [-0.2, 0) is 18.0 Å². The van der Waals surface area contributed by atoms with Crippen molar-refractivity contribution < 1.29 is 4.74 Å². The molecule has 1 aromatic heterocycles. The summed E-state index contributed by atoms with van der Waals surface area (Å²) >= 11 is 5.86. The van der Waals surface area contributed by atoms with Crippen molar-refractivity contribution in [3.8, 4) is 0 Å². The van der Waals surface area contributed by atoms with Crippen molar-refractivity contribution in [2.24, 2.45) is 0 Å². The Hall–Kier alpha value is -1.78. The van der Waals surface area contributed by atoms with Crippen molar-refractivity contribution >= 4 is 28.8 Å². The predicted molar refractivity (Wildman–Crippen MR) is 71.9 cm³/mol. The van der Waals surface area contributed by atoms with Gasteiger partial charge >= 0.3 is 0 Å². The summed E-state index contributed by atoms with van der Waals surface area (Å²) in [4.78, 5) is 4.17. The molecule has 1 aliphatic rings. The van der Waals surface area contributed by atoms with Gasteiger partial charge in [-0.2, -0.15) is 0 Å². The molecule has 2 aromatic rings. The average Bonchev–Trinajstić information content (AvgIpc) is 2.74. The highest BCUT2D eigenvalue weighted by atomic mass is 35.5. The first-order chi connectivity index (χ1) is 8.70. The van der Waals surface area contributed by atoms with Crippen LogP contribution in [0.5, 0.6) is 0 Å². The van der Waals surface area contributed by atoms with Gasteiger partial charge in [-0.05, 0) is 29.3 Å². The molecule has 0 amide bonds. The van der Waals surface area contributed by atoms with E-state index in [2.05, 4.69) is 22.4 Å². The third-order valence-corrected chi connectivity index (χ3v) is 3.00. The Labute approximate surface area is 110 Å². The second-order valence-electron chi connectivity index (χ2n) is 4.21. The number of ether oxygens (including phenoxy) is 1. The monoisotopic (exact) mass is 261 g/mol. The molecule has 18 heavy (non-hydrogen) atoms. The maximum atomic E-state index is 5.86. The van der Waals surface area contributed by atoms with Crippen LogP contribution in [0.25, 0.3) is 0 Å². The highest BCUT2D eigenvalue weighted by Gasteiger charge is 2.11. The Kier molecular flexibility index (Phi) is 2.81. The lowest BCUT2D eigenvalue weighted by molar-refractivity contribution is 0.134. The van der Waals surface area contributed by atoms with Crippen molar-refractivity contribution in [2.45, 2.75) is 13.2 Å². The van der Waals surface area contributed by atoms with Gasteiger partial charge in [0.2, 0.25) is 0 Å². The molecule has 2 heterocycles. The third kappa shape index (κ3) is 2.25. The number of benzene rings is 1.